The first-order chi connectivity index (χ1) is 16.0. The van der Waals surface area contributed by atoms with Crippen LogP contribution in [-0.2, 0) is 0 Å². The van der Waals surface area contributed by atoms with E-state index in [1.54, 1.807) is 42.7 Å². The number of amides is 3. The van der Waals surface area contributed by atoms with Gasteiger partial charge in [-0.1, -0.05) is 12.1 Å². The van der Waals surface area contributed by atoms with Crippen molar-refractivity contribution < 1.29 is 14.4 Å². The first-order valence-corrected chi connectivity index (χ1v) is 11.1. The second-order valence-corrected chi connectivity index (χ2v) is 9.00. The van der Waals surface area contributed by atoms with E-state index in [2.05, 4.69) is 15.2 Å². The molecule has 0 radical (unpaired) electrons. The second-order valence-electron chi connectivity index (χ2n) is 9.00. The Balaban J connectivity index is 1.33. The highest BCUT2D eigenvalue weighted by atomic mass is 16.2. The smallest absolute Gasteiger partial charge is 0.275 e. The lowest BCUT2D eigenvalue weighted by Crippen LogP contribution is -2.62. The number of carbonyl (C=O) groups excluding carboxylic acids is 3. The Morgan fingerprint density at radius 1 is 0.970 bits per heavy atom. The molecule has 33 heavy (non-hydrogen) atoms. The normalized spacial score (nSPS) is 23.5. The Hall–Kier alpha value is -3.88. The molecule has 3 aliphatic heterocycles. The van der Waals surface area contributed by atoms with Gasteiger partial charge in [-0.05, 0) is 56.4 Å². The van der Waals surface area contributed by atoms with Gasteiger partial charge < -0.3 is 4.90 Å². The van der Waals surface area contributed by atoms with Crippen molar-refractivity contribution in [2.75, 3.05) is 6.54 Å². The monoisotopic (exact) mass is 442 g/mol. The van der Waals surface area contributed by atoms with Crippen LogP contribution in [0.4, 0.5) is 0 Å². The number of carbonyl (C=O) groups is 3. The Kier molecular flexibility index (Phi) is 4.39. The fourth-order valence-corrected chi connectivity index (χ4v) is 5.36. The molecule has 2 bridgehead atoms. The topological polar surface area (TPSA) is 101 Å². The quantitative estimate of drug-likeness (QED) is 0.575. The van der Waals surface area contributed by atoms with Crippen molar-refractivity contribution in [1.82, 2.24) is 29.8 Å². The second kappa shape index (κ2) is 7.33. The fourth-order valence-electron chi connectivity index (χ4n) is 5.36. The van der Waals surface area contributed by atoms with Crippen LogP contribution in [0.5, 0.6) is 0 Å². The van der Waals surface area contributed by atoms with Crippen LogP contribution in [0.15, 0.2) is 48.8 Å². The summed E-state index contributed by atoms with van der Waals surface area (Å²) in [6, 6.07) is 10.3. The van der Waals surface area contributed by atoms with E-state index < -0.39 is 0 Å². The lowest BCUT2D eigenvalue weighted by Gasteiger charge is -2.54. The number of hydrogen-bond donors (Lipinski definition) is 0. The molecule has 9 nitrogen and oxygen atoms in total. The molecule has 1 aliphatic carbocycles. The third-order valence-electron chi connectivity index (χ3n) is 6.96. The minimum Gasteiger partial charge on any atom is -0.329 e. The average Bonchev–Trinajstić information content (AvgIpc) is 3.42. The van der Waals surface area contributed by atoms with E-state index in [0.29, 0.717) is 22.7 Å². The van der Waals surface area contributed by atoms with E-state index in [9.17, 15) is 14.4 Å². The van der Waals surface area contributed by atoms with Crippen LogP contribution in [0.1, 0.15) is 56.2 Å². The molecule has 2 aromatic heterocycles. The fraction of sp³-hybridized carbons (Fsp3) is 0.333. The molecule has 1 aromatic carbocycles. The van der Waals surface area contributed by atoms with Crippen molar-refractivity contribution in [2.24, 2.45) is 5.92 Å². The molecule has 0 unspecified atom stereocenters. The molecule has 0 spiro atoms. The highest BCUT2D eigenvalue weighted by Crippen LogP contribution is 2.44. The Morgan fingerprint density at radius 3 is 2.30 bits per heavy atom. The van der Waals surface area contributed by atoms with Crippen LogP contribution in [0.3, 0.4) is 0 Å². The molecule has 166 valence electrons. The molecule has 3 aromatic rings. The standard InChI is InChI=1S/C24H22N6O3/c1-14-6-7-20(30-25-8-9-26-30)21(27-14)24(33)29-16-10-15(11-16)12-17(29)13-28-22(31)18-4-2-3-5-19(18)23(28)32/h2-9,15-17H,10-13H2,1H3/t15?,16?,17-/m0/s1. The summed E-state index contributed by atoms with van der Waals surface area (Å²) in [6.45, 7) is 2.02. The molecular formula is C24H22N6O3. The van der Waals surface area contributed by atoms with Crippen molar-refractivity contribution in [3.05, 3.63) is 71.3 Å². The van der Waals surface area contributed by atoms with Gasteiger partial charge in [0.05, 0.1) is 29.6 Å². The minimum atomic E-state index is -0.294. The molecule has 1 atom stereocenters. The Bertz CT molecular complexity index is 1250. The molecule has 3 fully saturated rings. The summed E-state index contributed by atoms with van der Waals surface area (Å²) in [5, 5.41) is 8.35. The van der Waals surface area contributed by atoms with E-state index in [0.717, 1.165) is 25.0 Å². The van der Waals surface area contributed by atoms with E-state index >= 15 is 0 Å². The largest absolute Gasteiger partial charge is 0.329 e. The first kappa shape index (κ1) is 19.8. The van der Waals surface area contributed by atoms with Crippen LogP contribution in [0.25, 0.3) is 5.69 Å². The molecule has 4 aliphatic rings. The number of nitrogens with zero attached hydrogens (tertiary/aromatic N) is 6. The number of piperidine rings is 2. The Morgan fingerprint density at radius 2 is 1.64 bits per heavy atom. The number of fused-ring (bicyclic) bond motifs is 3. The zero-order chi connectivity index (χ0) is 22.7. The lowest BCUT2D eigenvalue weighted by molar-refractivity contribution is -0.0249. The van der Waals surface area contributed by atoms with Gasteiger partial charge in [0.1, 0.15) is 5.69 Å². The van der Waals surface area contributed by atoms with Crippen molar-refractivity contribution in [3.63, 3.8) is 0 Å². The molecule has 7 rings (SSSR count). The van der Waals surface area contributed by atoms with Gasteiger partial charge in [-0.15, -0.1) is 4.80 Å². The first-order valence-electron chi connectivity index (χ1n) is 11.1. The van der Waals surface area contributed by atoms with Crippen LogP contribution in [-0.4, -0.2) is 66.1 Å². The van der Waals surface area contributed by atoms with Crippen LogP contribution >= 0.6 is 0 Å². The van der Waals surface area contributed by atoms with Crippen molar-refractivity contribution >= 4 is 17.7 Å². The molecule has 2 saturated heterocycles. The van der Waals surface area contributed by atoms with Crippen LogP contribution in [0, 0.1) is 12.8 Å². The number of rotatable bonds is 4. The summed E-state index contributed by atoms with van der Waals surface area (Å²) in [5.41, 5.74) is 2.36. The van der Waals surface area contributed by atoms with E-state index in [4.69, 9.17) is 0 Å². The molecule has 5 heterocycles. The number of aryl methyl sites for hydroxylation is 1. The summed E-state index contributed by atoms with van der Waals surface area (Å²) in [4.78, 5) is 48.8. The number of hydrogen-bond acceptors (Lipinski definition) is 6. The van der Waals surface area contributed by atoms with Crippen molar-refractivity contribution in [2.45, 2.75) is 38.3 Å². The van der Waals surface area contributed by atoms with Gasteiger partial charge >= 0.3 is 0 Å². The van der Waals surface area contributed by atoms with Gasteiger partial charge in [-0.25, -0.2) is 4.98 Å². The summed E-state index contributed by atoms with van der Waals surface area (Å²) >= 11 is 0. The number of aromatic nitrogens is 4. The van der Waals surface area contributed by atoms with Crippen molar-refractivity contribution in [3.8, 4) is 5.69 Å². The van der Waals surface area contributed by atoms with E-state index in [1.807, 2.05) is 17.9 Å². The number of pyridine rings is 1. The number of benzene rings is 1. The van der Waals surface area contributed by atoms with Gasteiger partial charge in [-0.3, -0.25) is 19.3 Å². The molecule has 0 N–H and O–H groups in total. The minimum absolute atomic E-state index is 0.0807. The summed E-state index contributed by atoms with van der Waals surface area (Å²) in [7, 11) is 0. The molecule has 9 heteroatoms. The predicted molar refractivity (Wildman–Crippen MR) is 117 cm³/mol. The van der Waals surface area contributed by atoms with Crippen LogP contribution in [0.2, 0.25) is 0 Å². The van der Waals surface area contributed by atoms with Gasteiger partial charge in [0.2, 0.25) is 0 Å². The zero-order valence-corrected chi connectivity index (χ0v) is 18.1. The van der Waals surface area contributed by atoms with E-state index in [-0.39, 0.29) is 42.0 Å². The van der Waals surface area contributed by atoms with Gasteiger partial charge in [0.25, 0.3) is 17.7 Å². The summed E-state index contributed by atoms with van der Waals surface area (Å²) in [5.74, 6) is -0.289. The van der Waals surface area contributed by atoms with Gasteiger partial charge in [0, 0.05) is 18.3 Å². The zero-order valence-electron chi connectivity index (χ0n) is 18.1. The van der Waals surface area contributed by atoms with Crippen LogP contribution < -0.4 is 0 Å². The SMILES string of the molecule is Cc1ccc(-n2nccn2)c(C(=O)N2C3CC(C3)C[C@H]2CN2C(=O)c3ccccc3C2=O)n1. The maximum atomic E-state index is 13.9. The van der Waals surface area contributed by atoms with Gasteiger partial charge in [0.15, 0.2) is 5.69 Å². The summed E-state index contributed by atoms with van der Waals surface area (Å²) in [6.07, 6.45) is 5.74. The van der Waals surface area contributed by atoms with Crippen molar-refractivity contribution in [1.29, 1.82) is 0 Å². The third-order valence-corrected chi connectivity index (χ3v) is 6.96. The molecule has 1 saturated carbocycles. The third kappa shape index (κ3) is 3.06. The molecule has 3 amide bonds. The predicted octanol–water partition coefficient (Wildman–Crippen LogP) is 2.26. The highest BCUT2D eigenvalue weighted by molar-refractivity contribution is 6.21. The van der Waals surface area contributed by atoms with Gasteiger partial charge in [-0.2, -0.15) is 10.2 Å². The van der Waals surface area contributed by atoms with E-state index in [1.165, 1.54) is 9.70 Å². The maximum Gasteiger partial charge on any atom is 0.275 e. The average molecular weight is 442 g/mol. The summed E-state index contributed by atoms with van der Waals surface area (Å²) < 4.78 is 0. The maximum absolute atomic E-state index is 13.9. The number of imide groups is 1. The Labute approximate surface area is 190 Å². The highest BCUT2D eigenvalue weighted by Gasteiger charge is 2.49. The molecular weight excluding hydrogens is 420 g/mol. The lowest BCUT2D eigenvalue weighted by atomic mass is 9.70.